The molecular weight excluding hydrogens is 356 g/mol. The molecule has 1 aliphatic rings. The first-order valence-corrected chi connectivity index (χ1v) is 10.6. The van der Waals surface area contributed by atoms with E-state index in [1.165, 1.54) is 0 Å². The van der Waals surface area contributed by atoms with Crippen LogP contribution in [0.3, 0.4) is 0 Å². The third-order valence-electron chi connectivity index (χ3n) is 5.72. The molecule has 2 heterocycles. The van der Waals surface area contributed by atoms with Gasteiger partial charge in [-0.05, 0) is 52.1 Å². The van der Waals surface area contributed by atoms with E-state index in [1.807, 2.05) is 0 Å². The molecule has 0 aromatic carbocycles. The Hall–Kier alpha value is -1.89. The third-order valence-corrected chi connectivity index (χ3v) is 5.72. The number of aromatic nitrogens is 1. The largest absolute Gasteiger partial charge is 0.360 e. The maximum Gasteiger partial charge on any atom is 0.242 e. The van der Waals surface area contributed by atoms with Gasteiger partial charge < -0.3 is 15.2 Å². The summed E-state index contributed by atoms with van der Waals surface area (Å²) in [6.07, 6.45) is 4.41. The lowest BCUT2D eigenvalue weighted by Gasteiger charge is -2.36. The normalized spacial score (nSPS) is 18.1. The second-order valence-corrected chi connectivity index (χ2v) is 8.32. The molecule has 2 atom stereocenters. The van der Waals surface area contributed by atoms with E-state index in [0.717, 1.165) is 45.2 Å². The van der Waals surface area contributed by atoms with E-state index in [2.05, 4.69) is 48.4 Å². The Balaban J connectivity index is 1.92. The van der Waals surface area contributed by atoms with Crippen LogP contribution >= 0.6 is 0 Å². The zero-order valence-corrected chi connectivity index (χ0v) is 18.0. The van der Waals surface area contributed by atoms with Crippen LogP contribution in [0.25, 0.3) is 0 Å². The molecule has 28 heavy (non-hydrogen) atoms. The number of aryl methyl sites for hydroxylation is 1. The number of amides is 2. The molecule has 158 valence electrons. The van der Waals surface area contributed by atoms with Gasteiger partial charge in [0.05, 0.1) is 6.04 Å². The van der Waals surface area contributed by atoms with Crippen LogP contribution in [-0.4, -0.2) is 47.0 Å². The number of nitrogens with zero attached hydrogens (tertiary/aromatic N) is 2. The number of likely N-dealkylation sites (tertiary alicyclic amines) is 1. The lowest BCUT2D eigenvalue weighted by atomic mass is 9.93. The summed E-state index contributed by atoms with van der Waals surface area (Å²) in [5.41, 5.74) is 0. The Labute approximate surface area is 168 Å². The van der Waals surface area contributed by atoms with Crippen molar-refractivity contribution in [1.82, 2.24) is 15.4 Å². The highest BCUT2D eigenvalue weighted by atomic mass is 16.5. The average Bonchev–Trinajstić information content (AvgIpc) is 3.07. The first-order chi connectivity index (χ1) is 13.3. The van der Waals surface area contributed by atoms with Crippen molar-refractivity contribution in [2.24, 2.45) is 11.8 Å². The van der Waals surface area contributed by atoms with E-state index in [1.54, 1.807) is 13.0 Å². The summed E-state index contributed by atoms with van der Waals surface area (Å²) in [7, 11) is 0. The van der Waals surface area contributed by atoms with Gasteiger partial charge in [-0.2, -0.15) is 0 Å². The topological polar surface area (TPSA) is 87.5 Å². The molecule has 1 fully saturated rings. The van der Waals surface area contributed by atoms with Crippen LogP contribution in [0.4, 0.5) is 5.82 Å². The molecule has 1 aliphatic heterocycles. The predicted molar refractivity (Wildman–Crippen MR) is 110 cm³/mol. The van der Waals surface area contributed by atoms with Crippen molar-refractivity contribution in [3.8, 4) is 0 Å². The van der Waals surface area contributed by atoms with Crippen molar-refractivity contribution < 1.29 is 14.1 Å². The second-order valence-electron chi connectivity index (χ2n) is 8.32. The summed E-state index contributed by atoms with van der Waals surface area (Å²) in [6, 6.07) is 1.71. The van der Waals surface area contributed by atoms with Crippen LogP contribution in [0.2, 0.25) is 0 Å². The molecule has 7 nitrogen and oxygen atoms in total. The lowest BCUT2D eigenvalue weighted by molar-refractivity contribution is -0.128. The SMILES string of the molecule is CCCCC(C(=O)Nc1cc(C)on1)N1CCC(C(=O)NC(C)C(C)C)CC1. The van der Waals surface area contributed by atoms with E-state index in [0.29, 0.717) is 17.5 Å². The number of nitrogens with one attached hydrogen (secondary N) is 2. The fourth-order valence-electron chi connectivity index (χ4n) is 3.49. The summed E-state index contributed by atoms with van der Waals surface area (Å²) in [5.74, 6) is 1.69. The quantitative estimate of drug-likeness (QED) is 0.673. The number of carbonyl (C=O) groups is 2. The highest BCUT2D eigenvalue weighted by molar-refractivity contribution is 5.94. The molecule has 0 aliphatic carbocycles. The Morgan fingerprint density at radius 3 is 2.50 bits per heavy atom. The molecule has 0 spiro atoms. The van der Waals surface area contributed by atoms with Gasteiger partial charge in [0.2, 0.25) is 11.8 Å². The summed E-state index contributed by atoms with van der Waals surface area (Å²) < 4.78 is 5.04. The van der Waals surface area contributed by atoms with Crippen molar-refractivity contribution in [2.45, 2.75) is 78.8 Å². The zero-order chi connectivity index (χ0) is 20.7. The van der Waals surface area contributed by atoms with E-state index in [9.17, 15) is 9.59 Å². The number of unbranched alkanes of at least 4 members (excludes halogenated alkanes) is 1. The Morgan fingerprint density at radius 1 is 1.29 bits per heavy atom. The minimum atomic E-state index is -0.199. The number of piperidine rings is 1. The Morgan fingerprint density at radius 2 is 1.96 bits per heavy atom. The smallest absolute Gasteiger partial charge is 0.242 e. The summed E-state index contributed by atoms with van der Waals surface area (Å²) in [6.45, 7) is 11.7. The minimum Gasteiger partial charge on any atom is -0.360 e. The molecule has 0 saturated carbocycles. The number of hydrogen-bond donors (Lipinski definition) is 2. The van der Waals surface area contributed by atoms with Crippen LogP contribution < -0.4 is 10.6 Å². The highest BCUT2D eigenvalue weighted by Gasteiger charge is 2.32. The van der Waals surface area contributed by atoms with Crippen LogP contribution in [0.5, 0.6) is 0 Å². The standard InChI is InChI=1S/C21H36N4O3/c1-6-7-8-18(21(27)23-19-13-15(4)28-24-19)25-11-9-17(10-12-25)20(26)22-16(5)14(2)3/h13-14,16-18H,6-12H2,1-5H3,(H,22,26)(H,23,24,27). The zero-order valence-electron chi connectivity index (χ0n) is 18.0. The fourth-order valence-corrected chi connectivity index (χ4v) is 3.49. The molecule has 1 aromatic rings. The Bertz CT molecular complexity index is 635. The van der Waals surface area contributed by atoms with E-state index in [4.69, 9.17) is 4.52 Å². The van der Waals surface area contributed by atoms with Crippen molar-refractivity contribution in [3.05, 3.63) is 11.8 Å². The van der Waals surface area contributed by atoms with Crippen LogP contribution in [-0.2, 0) is 9.59 Å². The van der Waals surface area contributed by atoms with E-state index in [-0.39, 0.29) is 29.8 Å². The monoisotopic (exact) mass is 392 g/mol. The number of carbonyl (C=O) groups excluding carboxylic acids is 2. The fraction of sp³-hybridized carbons (Fsp3) is 0.762. The van der Waals surface area contributed by atoms with Gasteiger partial charge in [-0.3, -0.25) is 14.5 Å². The molecule has 0 radical (unpaired) electrons. The van der Waals surface area contributed by atoms with Crippen LogP contribution in [0.15, 0.2) is 10.6 Å². The van der Waals surface area contributed by atoms with Crippen molar-refractivity contribution >= 4 is 17.6 Å². The van der Waals surface area contributed by atoms with Crippen molar-refractivity contribution in [3.63, 3.8) is 0 Å². The first-order valence-electron chi connectivity index (χ1n) is 10.6. The van der Waals surface area contributed by atoms with Gasteiger partial charge in [-0.25, -0.2) is 0 Å². The summed E-state index contributed by atoms with van der Waals surface area (Å²) in [4.78, 5) is 27.6. The maximum atomic E-state index is 12.8. The minimum absolute atomic E-state index is 0.0329. The maximum absolute atomic E-state index is 12.8. The van der Waals surface area contributed by atoms with Gasteiger partial charge in [-0.1, -0.05) is 38.8 Å². The molecule has 1 aromatic heterocycles. The molecule has 2 amide bonds. The van der Waals surface area contributed by atoms with Gasteiger partial charge in [0.1, 0.15) is 5.76 Å². The van der Waals surface area contributed by atoms with Gasteiger partial charge in [-0.15, -0.1) is 0 Å². The Kier molecular flexibility index (Phi) is 8.48. The van der Waals surface area contributed by atoms with Crippen molar-refractivity contribution in [2.75, 3.05) is 18.4 Å². The summed E-state index contributed by atoms with van der Waals surface area (Å²) in [5, 5.41) is 9.87. The van der Waals surface area contributed by atoms with Crippen LogP contribution in [0.1, 0.15) is 65.6 Å². The van der Waals surface area contributed by atoms with Gasteiger partial charge in [0.25, 0.3) is 0 Å². The summed E-state index contributed by atoms with van der Waals surface area (Å²) >= 11 is 0. The third kappa shape index (κ3) is 6.33. The van der Waals surface area contributed by atoms with Gasteiger partial charge in [0, 0.05) is 18.0 Å². The average molecular weight is 393 g/mol. The molecule has 0 bridgehead atoms. The van der Waals surface area contributed by atoms with Crippen molar-refractivity contribution in [1.29, 1.82) is 0 Å². The predicted octanol–water partition coefficient (Wildman–Crippen LogP) is 3.35. The highest BCUT2D eigenvalue weighted by Crippen LogP contribution is 2.23. The molecule has 1 saturated heterocycles. The van der Waals surface area contributed by atoms with Gasteiger partial charge >= 0.3 is 0 Å². The molecule has 2 unspecified atom stereocenters. The number of anilines is 1. The lowest BCUT2D eigenvalue weighted by Crippen LogP contribution is -2.50. The molecular formula is C21H36N4O3. The second kappa shape index (κ2) is 10.6. The number of rotatable bonds is 9. The molecule has 2 rings (SSSR count). The molecule has 2 N–H and O–H groups in total. The molecule has 7 heteroatoms. The first kappa shape index (κ1) is 22.4. The van der Waals surface area contributed by atoms with E-state index >= 15 is 0 Å². The van der Waals surface area contributed by atoms with Crippen LogP contribution in [0, 0.1) is 18.8 Å². The van der Waals surface area contributed by atoms with E-state index < -0.39 is 0 Å². The number of hydrogen-bond acceptors (Lipinski definition) is 5. The van der Waals surface area contributed by atoms with Gasteiger partial charge in [0.15, 0.2) is 5.82 Å².